The maximum atomic E-state index is 6.08. The van der Waals surface area contributed by atoms with E-state index in [4.69, 9.17) is 23.2 Å². The number of hydrogen-bond acceptors (Lipinski definition) is 3. The number of halogens is 2. The third-order valence-electron chi connectivity index (χ3n) is 2.83. The summed E-state index contributed by atoms with van der Waals surface area (Å²) in [5.74, 6) is 0. The van der Waals surface area contributed by atoms with E-state index in [1.807, 2.05) is 44.4 Å². The van der Waals surface area contributed by atoms with Crippen molar-refractivity contribution in [2.75, 3.05) is 24.3 Å². The van der Waals surface area contributed by atoms with Crippen molar-refractivity contribution < 1.29 is 0 Å². The van der Waals surface area contributed by atoms with Gasteiger partial charge in [0.15, 0.2) is 0 Å². The van der Waals surface area contributed by atoms with E-state index in [0.29, 0.717) is 0 Å². The quantitative estimate of drug-likeness (QED) is 0.824. The summed E-state index contributed by atoms with van der Waals surface area (Å²) < 4.78 is 0.808. The zero-order chi connectivity index (χ0) is 14.0. The van der Waals surface area contributed by atoms with Gasteiger partial charge in [0.1, 0.15) is 0 Å². The molecule has 19 heavy (non-hydrogen) atoms. The summed E-state index contributed by atoms with van der Waals surface area (Å²) in [6.45, 7) is 2.11. The minimum absolute atomic E-state index is 0.190. The van der Waals surface area contributed by atoms with Gasteiger partial charge in [-0.2, -0.15) is 0 Å². The van der Waals surface area contributed by atoms with Crippen LogP contribution in [0, 0.1) is 0 Å². The van der Waals surface area contributed by atoms with Gasteiger partial charge in [-0.25, -0.2) is 0 Å². The van der Waals surface area contributed by atoms with Crippen LogP contribution >= 0.6 is 34.5 Å². The molecule has 5 heteroatoms. The molecule has 0 amide bonds. The first kappa shape index (κ1) is 14.5. The zero-order valence-electron chi connectivity index (χ0n) is 11.1. The van der Waals surface area contributed by atoms with E-state index in [1.54, 1.807) is 11.3 Å². The average molecular weight is 315 g/mol. The molecule has 2 rings (SSSR count). The van der Waals surface area contributed by atoms with Gasteiger partial charge in [-0.1, -0.05) is 23.2 Å². The van der Waals surface area contributed by atoms with Crippen LogP contribution in [0.4, 0.5) is 11.4 Å². The summed E-state index contributed by atoms with van der Waals surface area (Å²) in [5, 5.41) is 4.21. The fourth-order valence-corrected chi connectivity index (χ4v) is 3.11. The Morgan fingerprint density at radius 1 is 1.16 bits per heavy atom. The molecule has 102 valence electrons. The second-order valence-corrected chi connectivity index (χ2v) is 6.75. The van der Waals surface area contributed by atoms with Crippen molar-refractivity contribution in [2.24, 2.45) is 0 Å². The lowest BCUT2D eigenvalue weighted by molar-refractivity contribution is 0.905. The van der Waals surface area contributed by atoms with Gasteiger partial charge in [-0.3, -0.25) is 0 Å². The van der Waals surface area contributed by atoms with Crippen molar-refractivity contribution >= 4 is 45.9 Å². The molecule has 0 aliphatic carbocycles. The third kappa shape index (κ3) is 3.56. The molecule has 0 radical (unpaired) electrons. The van der Waals surface area contributed by atoms with E-state index in [9.17, 15) is 0 Å². The molecule has 1 unspecified atom stereocenters. The van der Waals surface area contributed by atoms with Crippen LogP contribution in [0.3, 0.4) is 0 Å². The highest BCUT2D eigenvalue weighted by molar-refractivity contribution is 7.16. The molecule has 0 saturated heterocycles. The van der Waals surface area contributed by atoms with E-state index >= 15 is 0 Å². The van der Waals surface area contributed by atoms with Gasteiger partial charge in [0, 0.05) is 24.0 Å². The predicted octanol–water partition coefficient (Wildman–Crippen LogP) is 5.29. The van der Waals surface area contributed by atoms with Gasteiger partial charge in [0.05, 0.1) is 21.8 Å². The third-order valence-corrected chi connectivity index (χ3v) is 4.48. The van der Waals surface area contributed by atoms with Crippen LogP contribution in [-0.2, 0) is 0 Å². The van der Waals surface area contributed by atoms with Crippen LogP contribution in [0.2, 0.25) is 9.36 Å². The normalized spacial score (nSPS) is 12.3. The van der Waals surface area contributed by atoms with E-state index in [1.165, 1.54) is 4.88 Å². The highest BCUT2D eigenvalue weighted by atomic mass is 35.5. The molecule has 1 atom stereocenters. The lowest BCUT2D eigenvalue weighted by atomic mass is 10.2. The van der Waals surface area contributed by atoms with Crippen molar-refractivity contribution in [3.05, 3.63) is 44.6 Å². The highest BCUT2D eigenvalue weighted by Gasteiger charge is 2.12. The zero-order valence-corrected chi connectivity index (χ0v) is 13.4. The molecule has 0 fully saturated rings. The number of anilines is 2. The summed E-state index contributed by atoms with van der Waals surface area (Å²) in [7, 11) is 4.03. The Morgan fingerprint density at radius 3 is 2.47 bits per heavy atom. The van der Waals surface area contributed by atoms with Crippen LogP contribution < -0.4 is 10.2 Å². The number of nitrogens with zero attached hydrogens (tertiary/aromatic N) is 1. The molecule has 0 saturated carbocycles. The Bertz CT molecular complexity index is 566. The molecular formula is C14H16Cl2N2S. The Kier molecular flexibility index (Phi) is 4.61. The van der Waals surface area contributed by atoms with E-state index < -0.39 is 0 Å². The van der Waals surface area contributed by atoms with E-state index in [2.05, 4.69) is 17.1 Å². The van der Waals surface area contributed by atoms with Gasteiger partial charge in [0.25, 0.3) is 0 Å². The molecule has 0 aliphatic heterocycles. The Hall–Kier alpha value is -0.900. The topological polar surface area (TPSA) is 15.3 Å². The molecular weight excluding hydrogens is 299 g/mol. The lowest BCUT2D eigenvalue weighted by Gasteiger charge is -2.21. The van der Waals surface area contributed by atoms with Crippen molar-refractivity contribution in [2.45, 2.75) is 13.0 Å². The van der Waals surface area contributed by atoms with E-state index in [0.717, 1.165) is 20.7 Å². The molecule has 0 spiro atoms. The molecule has 0 bridgehead atoms. The minimum atomic E-state index is 0.190. The number of rotatable bonds is 4. The lowest BCUT2D eigenvalue weighted by Crippen LogP contribution is -2.13. The van der Waals surface area contributed by atoms with Gasteiger partial charge in [-0.05, 0) is 37.3 Å². The molecule has 1 aromatic heterocycles. The maximum Gasteiger partial charge on any atom is 0.0932 e. The first-order chi connectivity index (χ1) is 8.97. The molecule has 0 aliphatic rings. The van der Waals surface area contributed by atoms with Crippen molar-refractivity contribution in [1.29, 1.82) is 0 Å². The number of hydrogen-bond donors (Lipinski definition) is 1. The summed E-state index contributed by atoms with van der Waals surface area (Å²) in [6, 6.07) is 10.0. The fraction of sp³-hybridized carbons (Fsp3) is 0.286. The van der Waals surface area contributed by atoms with Crippen molar-refractivity contribution in [1.82, 2.24) is 0 Å². The Balaban J connectivity index is 2.25. The summed E-state index contributed by atoms with van der Waals surface area (Å²) in [6.07, 6.45) is 0. The standard InChI is InChI=1S/C14H16Cl2N2S/c1-9(13-6-7-14(16)19-13)17-11-8-10(15)4-5-12(11)18(2)3/h4-9,17H,1-3H3. The van der Waals surface area contributed by atoms with Crippen LogP contribution in [0.15, 0.2) is 30.3 Å². The number of thiophene rings is 1. The molecule has 1 heterocycles. The van der Waals surface area contributed by atoms with Crippen LogP contribution in [0.1, 0.15) is 17.8 Å². The van der Waals surface area contributed by atoms with Gasteiger partial charge >= 0.3 is 0 Å². The van der Waals surface area contributed by atoms with Gasteiger partial charge in [0.2, 0.25) is 0 Å². The highest BCUT2D eigenvalue weighted by Crippen LogP contribution is 2.33. The fourth-order valence-electron chi connectivity index (χ4n) is 1.88. The molecule has 1 aromatic carbocycles. The SMILES string of the molecule is CC(Nc1cc(Cl)ccc1N(C)C)c1ccc(Cl)s1. The number of benzene rings is 1. The first-order valence-electron chi connectivity index (χ1n) is 5.96. The Morgan fingerprint density at radius 2 is 1.89 bits per heavy atom. The monoisotopic (exact) mass is 314 g/mol. The van der Waals surface area contributed by atoms with E-state index in [-0.39, 0.29) is 6.04 Å². The first-order valence-corrected chi connectivity index (χ1v) is 7.53. The van der Waals surface area contributed by atoms with Crippen LogP contribution in [0.5, 0.6) is 0 Å². The Labute approximate surface area is 128 Å². The van der Waals surface area contributed by atoms with Crippen molar-refractivity contribution in [3.63, 3.8) is 0 Å². The molecule has 1 N–H and O–H groups in total. The smallest absolute Gasteiger partial charge is 0.0932 e. The molecule has 2 nitrogen and oxygen atoms in total. The van der Waals surface area contributed by atoms with Crippen LogP contribution in [-0.4, -0.2) is 14.1 Å². The maximum absolute atomic E-state index is 6.08. The summed E-state index contributed by atoms with van der Waals surface area (Å²) in [4.78, 5) is 3.27. The second-order valence-electron chi connectivity index (χ2n) is 4.56. The average Bonchev–Trinajstić information content (AvgIpc) is 2.75. The largest absolute Gasteiger partial charge is 0.376 e. The second kappa shape index (κ2) is 6.04. The predicted molar refractivity (Wildman–Crippen MR) is 87.1 cm³/mol. The minimum Gasteiger partial charge on any atom is -0.376 e. The van der Waals surface area contributed by atoms with Crippen molar-refractivity contribution in [3.8, 4) is 0 Å². The van der Waals surface area contributed by atoms with Gasteiger partial charge < -0.3 is 10.2 Å². The number of nitrogens with one attached hydrogen (secondary N) is 1. The molecule has 2 aromatic rings. The summed E-state index contributed by atoms with van der Waals surface area (Å²) in [5.41, 5.74) is 2.13. The summed E-state index contributed by atoms with van der Waals surface area (Å²) >= 11 is 13.6. The van der Waals surface area contributed by atoms with Gasteiger partial charge in [-0.15, -0.1) is 11.3 Å². The van der Waals surface area contributed by atoms with Crippen LogP contribution in [0.25, 0.3) is 0 Å².